The molecule has 1 aliphatic heterocycles. The number of pyridine rings is 1. The lowest BCUT2D eigenvalue weighted by Gasteiger charge is -2.33. The van der Waals surface area contributed by atoms with Crippen LogP contribution >= 0.6 is 0 Å². The molecule has 1 aromatic carbocycles. The number of hydrogen-bond acceptors (Lipinski definition) is 7. The molecule has 1 fully saturated rings. The molecule has 11 heteroatoms. The highest BCUT2D eigenvalue weighted by atomic mass is 16.5. The summed E-state index contributed by atoms with van der Waals surface area (Å²) in [6, 6.07) is 7.81. The van der Waals surface area contributed by atoms with Gasteiger partial charge in [0.05, 0.1) is 12.5 Å². The number of piperidine rings is 1. The van der Waals surface area contributed by atoms with E-state index in [4.69, 9.17) is 21.0 Å². The van der Waals surface area contributed by atoms with Crippen LogP contribution in [0.15, 0.2) is 42.7 Å². The zero-order chi connectivity index (χ0) is 26.1. The van der Waals surface area contributed by atoms with Crippen LogP contribution in [0.1, 0.15) is 36.8 Å². The van der Waals surface area contributed by atoms with E-state index in [1.54, 1.807) is 24.5 Å². The summed E-state index contributed by atoms with van der Waals surface area (Å²) in [5, 5.41) is 28.8. The van der Waals surface area contributed by atoms with Gasteiger partial charge < -0.3 is 30.9 Å². The average molecular weight is 498 g/mol. The normalized spacial score (nSPS) is 14.6. The molecule has 1 saturated heterocycles. The van der Waals surface area contributed by atoms with Crippen LogP contribution in [0.25, 0.3) is 0 Å². The first kappa shape index (κ1) is 26.5. The summed E-state index contributed by atoms with van der Waals surface area (Å²) in [4.78, 5) is 41.6. The van der Waals surface area contributed by atoms with E-state index in [0.29, 0.717) is 42.8 Å². The zero-order valence-corrected chi connectivity index (χ0v) is 19.9. The zero-order valence-electron chi connectivity index (χ0n) is 19.9. The molecule has 1 aromatic heterocycles. The molecule has 2 heterocycles. The molecular formula is C25H31N5O6. The Hall–Kier alpha value is -4.15. The maximum atomic E-state index is 12.9. The van der Waals surface area contributed by atoms with Crippen LogP contribution in [0.2, 0.25) is 0 Å². The van der Waals surface area contributed by atoms with Crippen LogP contribution in [-0.2, 0) is 20.8 Å². The number of hydrogen-bond donors (Lipinski definition) is 5. The van der Waals surface area contributed by atoms with Crippen molar-refractivity contribution in [2.75, 3.05) is 24.6 Å². The summed E-state index contributed by atoms with van der Waals surface area (Å²) in [5.41, 5.74) is 7.59. The van der Waals surface area contributed by atoms with E-state index in [9.17, 15) is 19.5 Å². The molecule has 0 saturated carbocycles. The second-order valence-corrected chi connectivity index (χ2v) is 8.71. The van der Waals surface area contributed by atoms with Crippen LogP contribution < -0.4 is 20.7 Å². The smallest absolute Gasteiger partial charge is 0.305 e. The van der Waals surface area contributed by atoms with Gasteiger partial charge in [-0.2, -0.15) is 0 Å². The van der Waals surface area contributed by atoms with Gasteiger partial charge in [-0.05, 0) is 43.0 Å². The van der Waals surface area contributed by atoms with Gasteiger partial charge in [0.1, 0.15) is 18.2 Å². The second-order valence-electron chi connectivity index (χ2n) is 8.71. The molecule has 0 unspecified atom stereocenters. The Morgan fingerprint density at radius 2 is 1.83 bits per heavy atom. The van der Waals surface area contributed by atoms with Crippen molar-refractivity contribution in [2.24, 2.45) is 11.7 Å². The van der Waals surface area contributed by atoms with Crippen molar-refractivity contribution in [3.63, 3.8) is 0 Å². The van der Waals surface area contributed by atoms with Gasteiger partial charge in [0, 0.05) is 49.1 Å². The van der Waals surface area contributed by atoms with Crippen molar-refractivity contribution in [3.05, 3.63) is 53.9 Å². The Morgan fingerprint density at radius 1 is 1.14 bits per heavy atom. The number of benzene rings is 1. The molecule has 0 bridgehead atoms. The van der Waals surface area contributed by atoms with Gasteiger partial charge in [0.2, 0.25) is 5.91 Å². The molecule has 3 rings (SSSR count). The maximum Gasteiger partial charge on any atom is 0.305 e. The minimum atomic E-state index is -1.08. The maximum absolute atomic E-state index is 12.9. The number of carboxylic acids is 2. The first-order chi connectivity index (χ1) is 17.2. The molecule has 6 N–H and O–H groups in total. The van der Waals surface area contributed by atoms with Crippen molar-refractivity contribution in [3.8, 4) is 5.75 Å². The number of amidine groups is 1. The molecule has 1 aliphatic rings. The lowest BCUT2D eigenvalue weighted by Crippen LogP contribution is -2.46. The lowest BCUT2D eigenvalue weighted by molar-refractivity contribution is -0.139. The van der Waals surface area contributed by atoms with Crippen LogP contribution in [0.5, 0.6) is 5.75 Å². The number of anilines is 1. The Labute approximate surface area is 208 Å². The number of aliphatic carboxylic acids is 2. The van der Waals surface area contributed by atoms with E-state index in [-0.39, 0.29) is 43.5 Å². The Kier molecular flexibility index (Phi) is 9.20. The predicted octanol–water partition coefficient (Wildman–Crippen LogP) is 1.64. The highest BCUT2D eigenvalue weighted by Crippen LogP contribution is 2.24. The van der Waals surface area contributed by atoms with E-state index in [1.165, 1.54) is 6.07 Å². The summed E-state index contributed by atoms with van der Waals surface area (Å²) in [6.07, 6.45) is 4.45. The van der Waals surface area contributed by atoms with Gasteiger partial charge in [-0.25, -0.2) is 0 Å². The van der Waals surface area contributed by atoms with Crippen molar-refractivity contribution in [1.82, 2.24) is 10.3 Å². The fourth-order valence-corrected chi connectivity index (χ4v) is 4.13. The number of carbonyl (C=O) groups excluding carboxylic acids is 1. The fraction of sp³-hybridized carbons (Fsp3) is 0.400. The monoisotopic (exact) mass is 497 g/mol. The van der Waals surface area contributed by atoms with Crippen molar-refractivity contribution >= 4 is 29.4 Å². The molecule has 1 atom stereocenters. The summed E-state index contributed by atoms with van der Waals surface area (Å²) >= 11 is 0. The van der Waals surface area contributed by atoms with Crippen molar-refractivity contribution < 1.29 is 29.3 Å². The largest absolute Gasteiger partial charge is 0.491 e. The summed E-state index contributed by atoms with van der Waals surface area (Å²) < 4.78 is 5.85. The third kappa shape index (κ3) is 7.69. The summed E-state index contributed by atoms with van der Waals surface area (Å²) in [5.74, 6) is -2.39. The first-order valence-corrected chi connectivity index (χ1v) is 11.7. The number of amides is 1. The summed E-state index contributed by atoms with van der Waals surface area (Å²) in [7, 11) is 0. The predicted molar refractivity (Wildman–Crippen MR) is 132 cm³/mol. The van der Waals surface area contributed by atoms with Gasteiger partial charge in [0.25, 0.3) is 0 Å². The Bertz CT molecular complexity index is 1090. The van der Waals surface area contributed by atoms with E-state index in [2.05, 4.69) is 15.2 Å². The van der Waals surface area contributed by atoms with E-state index >= 15 is 0 Å². The minimum Gasteiger partial charge on any atom is -0.491 e. The quantitative estimate of drug-likeness (QED) is 0.215. The average Bonchev–Trinajstić information content (AvgIpc) is 2.86. The van der Waals surface area contributed by atoms with Crippen LogP contribution in [0, 0.1) is 11.3 Å². The van der Waals surface area contributed by atoms with E-state index < -0.39 is 18.0 Å². The Morgan fingerprint density at radius 3 is 2.44 bits per heavy atom. The van der Waals surface area contributed by atoms with Gasteiger partial charge in [-0.15, -0.1) is 0 Å². The highest BCUT2D eigenvalue weighted by Gasteiger charge is 2.28. The van der Waals surface area contributed by atoms with Gasteiger partial charge in [-0.1, -0.05) is 12.1 Å². The van der Waals surface area contributed by atoms with E-state index in [0.717, 1.165) is 5.69 Å². The van der Waals surface area contributed by atoms with Gasteiger partial charge in [0.15, 0.2) is 0 Å². The van der Waals surface area contributed by atoms with Gasteiger partial charge in [-0.3, -0.25) is 24.8 Å². The minimum absolute atomic E-state index is 0.122. The molecule has 1 amide bonds. The molecule has 0 aliphatic carbocycles. The highest BCUT2D eigenvalue weighted by molar-refractivity contribution is 5.95. The first-order valence-electron chi connectivity index (χ1n) is 11.7. The number of rotatable bonds is 12. The van der Waals surface area contributed by atoms with E-state index in [1.807, 2.05) is 12.1 Å². The molecule has 36 heavy (non-hydrogen) atoms. The topological polar surface area (TPSA) is 179 Å². The van der Waals surface area contributed by atoms with Crippen molar-refractivity contribution in [2.45, 2.75) is 38.1 Å². The fourth-order valence-electron chi connectivity index (χ4n) is 4.13. The molecule has 192 valence electrons. The number of nitrogens with two attached hydrogens (primary N) is 1. The van der Waals surface area contributed by atoms with Crippen LogP contribution in [0.4, 0.5) is 5.69 Å². The third-order valence-electron chi connectivity index (χ3n) is 6.09. The number of nitrogen functional groups attached to an aromatic ring is 1. The number of nitrogens with one attached hydrogen (secondary N) is 2. The number of aromatic nitrogens is 1. The SMILES string of the molecule is N=C(N)c1ccc(CCC(=O)O)c(OC[C@@H](CC(=O)O)NC(=O)C2CCN(c3ccncc3)CC2)c1. The van der Waals surface area contributed by atoms with Crippen LogP contribution in [-0.4, -0.2) is 64.6 Å². The lowest BCUT2D eigenvalue weighted by atomic mass is 9.95. The van der Waals surface area contributed by atoms with Gasteiger partial charge >= 0.3 is 11.9 Å². The molecule has 0 radical (unpaired) electrons. The standard InChI is InChI=1S/C25H31N5O6/c26-24(27)18-2-1-16(3-4-22(31)32)21(13-18)36-15-19(14-23(33)34)29-25(35)17-7-11-30(12-8-17)20-5-9-28-10-6-20/h1-2,5-6,9-10,13,17,19H,3-4,7-8,11-12,14-15H2,(H3,26,27)(H,29,35)(H,31,32)(H,33,34)/t19-/m1/s1. The number of ether oxygens (including phenoxy) is 1. The molecular weight excluding hydrogens is 466 g/mol. The molecule has 0 spiro atoms. The third-order valence-corrected chi connectivity index (χ3v) is 6.09. The Balaban J connectivity index is 1.63. The molecule has 2 aromatic rings. The second kappa shape index (κ2) is 12.5. The number of carbonyl (C=O) groups is 3. The van der Waals surface area contributed by atoms with Crippen LogP contribution in [0.3, 0.4) is 0 Å². The van der Waals surface area contributed by atoms with Crippen molar-refractivity contribution in [1.29, 1.82) is 5.41 Å². The summed E-state index contributed by atoms with van der Waals surface area (Å²) in [6.45, 7) is 1.27. The number of carboxylic acid groups (broad SMARTS) is 2. The molecule has 11 nitrogen and oxygen atoms in total. The number of nitrogens with zero attached hydrogens (tertiary/aromatic N) is 2. The number of aryl methyl sites for hydroxylation is 1.